The molecule has 5 fully saturated rings. The van der Waals surface area contributed by atoms with Gasteiger partial charge in [0.2, 0.25) is 6.29 Å². The van der Waals surface area contributed by atoms with E-state index < -0.39 is 6.29 Å². The molecular weight excluding hydrogens is 544 g/mol. The number of fused-ring (bicyclic) bond motifs is 2. The van der Waals surface area contributed by atoms with Gasteiger partial charge in [0, 0.05) is 5.92 Å². The van der Waals surface area contributed by atoms with E-state index >= 15 is 0 Å². The van der Waals surface area contributed by atoms with Gasteiger partial charge >= 0.3 is 5.97 Å². The van der Waals surface area contributed by atoms with Crippen LogP contribution in [0.15, 0.2) is 47.3 Å². The van der Waals surface area contributed by atoms with E-state index in [4.69, 9.17) is 20.5 Å². The second-order valence-corrected chi connectivity index (χ2v) is 17.6. The highest BCUT2D eigenvalue weighted by atomic mass is 16.7. The van der Waals surface area contributed by atoms with Crippen LogP contribution < -0.4 is 0 Å². The molecule has 4 saturated carbocycles. The molecule has 4 nitrogen and oxygen atoms in total. The van der Waals surface area contributed by atoms with Crippen LogP contribution in [0.1, 0.15) is 131 Å². The molecule has 0 N–H and O–H groups in total. The van der Waals surface area contributed by atoms with Crippen LogP contribution in [0.25, 0.3) is 0 Å². The van der Waals surface area contributed by atoms with Gasteiger partial charge in [-0.25, -0.2) is 0 Å². The Hall–Kier alpha value is -1.81. The molecule has 1 aliphatic heterocycles. The summed E-state index contributed by atoms with van der Waals surface area (Å²) in [6.45, 7) is 24.3. The molecule has 4 aliphatic carbocycles. The predicted octanol–water partition coefficient (Wildman–Crippen LogP) is 10.5. The maximum absolute atomic E-state index is 12.8. The number of rotatable bonds is 8. The van der Waals surface area contributed by atoms with Crippen LogP contribution in [0.3, 0.4) is 0 Å². The van der Waals surface area contributed by atoms with E-state index in [0.717, 1.165) is 44.4 Å². The minimum absolute atomic E-state index is 0.0797. The third kappa shape index (κ3) is 5.69. The number of cyclic esters (lactones) is 1. The Morgan fingerprint density at radius 3 is 2.25 bits per heavy atom. The van der Waals surface area contributed by atoms with E-state index in [9.17, 15) is 4.79 Å². The van der Waals surface area contributed by atoms with Crippen LogP contribution >= 0.6 is 0 Å². The van der Waals surface area contributed by atoms with Gasteiger partial charge in [-0.2, -0.15) is 0 Å². The number of carbonyl (C=O) groups is 1. The van der Waals surface area contributed by atoms with E-state index in [2.05, 4.69) is 54.2 Å². The molecule has 0 radical (unpaired) electrons. The van der Waals surface area contributed by atoms with Crippen molar-refractivity contribution in [2.24, 2.45) is 51.2 Å². The molecule has 2 heterocycles. The van der Waals surface area contributed by atoms with Gasteiger partial charge in [0.05, 0.1) is 25.1 Å². The van der Waals surface area contributed by atoms with E-state index in [1.54, 1.807) is 6.26 Å². The molecule has 1 saturated heterocycles. The Morgan fingerprint density at radius 2 is 1.57 bits per heavy atom. The molecule has 9 atom stereocenters. The first-order chi connectivity index (χ1) is 20.7. The average Bonchev–Trinajstić information content (AvgIpc) is 3.57. The van der Waals surface area contributed by atoms with Crippen molar-refractivity contribution in [3.63, 3.8) is 0 Å². The van der Waals surface area contributed by atoms with Crippen molar-refractivity contribution in [2.45, 2.75) is 144 Å². The fourth-order valence-corrected chi connectivity index (χ4v) is 11.9. The van der Waals surface area contributed by atoms with Crippen LogP contribution in [0, 0.1) is 51.2 Å². The van der Waals surface area contributed by atoms with Gasteiger partial charge in [-0.3, -0.25) is 4.79 Å². The summed E-state index contributed by atoms with van der Waals surface area (Å²) >= 11 is 0. The highest BCUT2D eigenvalue weighted by Gasteiger charge is 2.57. The van der Waals surface area contributed by atoms with Crippen molar-refractivity contribution in [2.75, 3.05) is 0 Å². The number of esters is 1. The molecule has 44 heavy (non-hydrogen) atoms. The summed E-state index contributed by atoms with van der Waals surface area (Å²) in [5, 5.41) is 0. The van der Waals surface area contributed by atoms with E-state index in [-0.39, 0.29) is 28.8 Å². The molecule has 5 aliphatic rings. The van der Waals surface area contributed by atoms with Crippen LogP contribution in [-0.4, -0.2) is 18.4 Å². The summed E-state index contributed by atoms with van der Waals surface area (Å²) in [5.41, 5.74) is 5.04. The number of hydrogen-bond donors (Lipinski definition) is 0. The number of allylic oxidation sites excluding steroid dienone is 1. The first-order valence-corrected chi connectivity index (χ1v) is 18.0. The SMILES string of the molecule is C=C1CCC2C(C)(C)CCCC2(C)C1CCC1CC(=O)OC1OC1CC2C(C)(C)CCCC2(C)C(CCc2ccoc2)C1=C. The molecule has 1 aromatic heterocycles. The molecule has 6 rings (SSSR count). The maximum atomic E-state index is 12.8. The third-order valence-electron chi connectivity index (χ3n) is 14.2. The van der Waals surface area contributed by atoms with Gasteiger partial charge < -0.3 is 13.9 Å². The molecule has 0 bridgehead atoms. The largest absolute Gasteiger partial charge is 0.472 e. The lowest BCUT2D eigenvalue weighted by atomic mass is 9.46. The van der Waals surface area contributed by atoms with E-state index in [1.165, 1.54) is 61.7 Å². The van der Waals surface area contributed by atoms with Crippen molar-refractivity contribution in [3.8, 4) is 0 Å². The first-order valence-electron chi connectivity index (χ1n) is 18.0. The number of furan rings is 1. The van der Waals surface area contributed by atoms with Crippen molar-refractivity contribution < 1.29 is 18.7 Å². The highest BCUT2D eigenvalue weighted by Crippen LogP contribution is 2.63. The molecule has 0 amide bonds. The lowest BCUT2D eigenvalue weighted by Crippen LogP contribution is -2.54. The van der Waals surface area contributed by atoms with Crippen molar-refractivity contribution in [1.29, 1.82) is 0 Å². The van der Waals surface area contributed by atoms with Gasteiger partial charge in [0.15, 0.2) is 0 Å². The highest BCUT2D eigenvalue weighted by molar-refractivity contribution is 5.71. The standard InChI is InChI=1S/C40H60O4/c1-26-11-16-33-37(3,4)18-9-20-39(33,7)30(26)15-13-29-23-35(41)44-36(29)43-32-24-34-38(5,6)19-10-21-40(34,8)31(27(32)2)14-12-28-17-22-42-25-28/h17,22,25,29-34,36H,1-2,9-16,18-21,23-24H2,3-8H3. The Bertz CT molecular complexity index is 1220. The van der Waals surface area contributed by atoms with Crippen LogP contribution in [0.5, 0.6) is 0 Å². The summed E-state index contributed by atoms with van der Waals surface area (Å²) in [5.74, 6) is 2.16. The van der Waals surface area contributed by atoms with E-state index in [0.29, 0.717) is 35.0 Å². The lowest BCUT2D eigenvalue weighted by Gasteiger charge is -2.59. The smallest absolute Gasteiger partial charge is 0.308 e. The zero-order chi connectivity index (χ0) is 31.5. The zero-order valence-electron chi connectivity index (χ0n) is 28.7. The average molecular weight is 605 g/mol. The van der Waals surface area contributed by atoms with Gasteiger partial charge in [-0.15, -0.1) is 0 Å². The Balaban J connectivity index is 1.18. The first kappa shape index (κ1) is 32.1. The van der Waals surface area contributed by atoms with Gasteiger partial charge in [0.25, 0.3) is 0 Å². The van der Waals surface area contributed by atoms with Gasteiger partial charge in [0.1, 0.15) is 0 Å². The second kappa shape index (κ2) is 11.8. The molecule has 1 aromatic rings. The molecule has 0 aromatic carbocycles. The number of carbonyl (C=O) groups excluding carboxylic acids is 1. The van der Waals surface area contributed by atoms with Crippen LogP contribution in [0.2, 0.25) is 0 Å². The minimum Gasteiger partial charge on any atom is -0.472 e. The van der Waals surface area contributed by atoms with Gasteiger partial charge in [-0.1, -0.05) is 73.1 Å². The Morgan fingerprint density at radius 1 is 0.886 bits per heavy atom. The Kier molecular flexibility index (Phi) is 8.60. The van der Waals surface area contributed by atoms with Gasteiger partial charge in [-0.05, 0) is 133 Å². The third-order valence-corrected chi connectivity index (χ3v) is 14.2. The molecular formula is C40H60O4. The Labute approximate surface area is 267 Å². The second-order valence-electron chi connectivity index (χ2n) is 17.6. The normalized spacial score (nSPS) is 41.6. The van der Waals surface area contributed by atoms with Crippen molar-refractivity contribution in [3.05, 3.63) is 48.5 Å². The summed E-state index contributed by atoms with van der Waals surface area (Å²) in [7, 11) is 0. The predicted molar refractivity (Wildman–Crippen MR) is 177 cm³/mol. The monoisotopic (exact) mass is 604 g/mol. The number of hydrogen-bond acceptors (Lipinski definition) is 4. The topological polar surface area (TPSA) is 48.7 Å². The molecule has 0 spiro atoms. The number of aryl methyl sites for hydroxylation is 1. The van der Waals surface area contributed by atoms with E-state index in [1.807, 2.05) is 6.26 Å². The fraction of sp³-hybridized carbons (Fsp3) is 0.775. The molecule has 244 valence electrons. The summed E-state index contributed by atoms with van der Waals surface area (Å²) in [4.78, 5) is 12.8. The number of ether oxygens (including phenoxy) is 2. The lowest BCUT2D eigenvalue weighted by molar-refractivity contribution is -0.192. The maximum Gasteiger partial charge on any atom is 0.308 e. The minimum atomic E-state index is -0.474. The molecule has 4 heteroatoms. The van der Waals surface area contributed by atoms with Crippen LogP contribution in [0.4, 0.5) is 0 Å². The van der Waals surface area contributed by atoms with Crippen molar-refractivity contribution in [1.82, 2.24) is 0 Å². The zero-order valence-corrected chi connectivity index (χ0v) is 28.7. The molecule has 9 unspecified atom stereocenters. The fourth-order valence-electron chi connectivity index (χ4n) is 11.9. The quantitative estimate of drug-likeness (QED) is 0.219. The summed E-state index contributed by atoms with van der Waals surface area (Å²) < 4.78 is 18.3. The summed E-state index contributed by atoms with van der Waals surface area (Å²) in [6, 6.07) is 2.09. The van der Waals surface area contributed by atoms with Crippen molar-refractivity contribution >= 4 is 5.97 Å². The van der Waals surface area contributed by atoms with Crippen LogP contribution in [-0.2, 0) is 20.7 Å². The summed E-state index contributed by atoms with van der Waals surface area (Å²) in [6.07, 6.45) is 18.7.